The van der Waals surface area contributed by atoms with Crippen LogP contribution >= 0.6 is 0 Å². The van der Waals surface area contributed by atoms with Crippen molar-refractivity contribution in [2.45, 2.75) is 20.8 Å². The van der Waals surface area contributed by atoms with Crippen LogP contribution in [0.3, 0.4) is 0 Å². The summed E-state index contributed by atoms with van der Waals surface area (Å²) in [5, 5.41) is 0. The molecule has 0 aliphatic heterocycles. The predicted octanol–water partition coefficient (Wildman–Crippen LogP) is 1.60. The van der Waals surface area contributed by atoms with Crippen LogP contribution in [0.2, 0.25) is 0 Å². The Morgan fingerprint density at radius 3 is 2.44 bits per heavy atom. The molecule has 80 valence electrons. The Labute approximate surface area is 92.2 Å². The molecule has 0 amide bonds. The van der Waals surface area contributed by atoms with Crippen LogP contribution in [0.5, 0.6) is 0 Å². The molecule has 0 N–H and O–H groups in total. The smallest absolute Gasteiger partial charge is 0.196 e. The summed E-state index contributed by atoms with van der Waals surface area (Å²) in [7, 11) is 0. The molecule has 0 aromatic carbocycles. The fraction of sp³-hybridized carbons (Fsp3) is 0.273. The van der Waals surface area contributed by atoms with Crippen LogP contribution in [0.15, 0.2) is 12.4 Å². The van der Waals surface area contributed by atoms with Gasteiger partial charge in [0.25, 0.3) is 0 Å². The van der Waals surface area contributed by atoms with Gasteiger partial charge in [-0.2, -0.15) is 0 Å². The van der Waals surface area contributed by atoms with Crippen molar-refractivity contribution >= 4 is 16.9 Å². The van der Waals surface area contributed by atoms with E-state index in [-0.39, 0.29) is 0 Å². The van der Waals surface area contributed by atoms with E-state index in [4.69, 9.17) is 0 Å². The zero-order valence-electron chi connectivity index (χ0n) is 9.39. The third kappa shape index (κ3) is 1.05. The van der Waals surface area contributed by atoms with Gasteiger partial charge in [0.15, 0.2) is 16.9 Å². The molecule has 3 aromatic heterocycles. The first-order chi connectivity index (χ1) is 7.68. The lowest BCUT2D eigenvalue weighted by Crippen LogP contribution is -2.00. The Balaban J connectivity index is 2.67. The van der Waals surface area contributed by atoms with E-state index < -0.39 is 0 Å². The zero-order valence-corrected chi connectivity index (χ0v) is 9.39. The molecule has 0 aliphatic rings. The molecule has 3 rings (SSSR count). The molecule has 0 fully saturated rings. The molecule has 3 aromatic rings. The van der Waals surface area contributed by atoms with Gasteiger partial charge >= 0.3 is 0 Å². The Morgan fingerprint density at radius 1 is 0.875 bits per heavy atom. The number of hydrogen-bond donors (Lipinski definition) is 0. The Hall–Kier alpha value is -2.04. The van der Waals surface area contributed by atoms with Crippen molar-refractivity contribution in [3.63, 3.8) is 0 Å². The van der Waals surface area contributed by atoms with Gasteiger partial charge < -0.3 is 0 Å². The maximum atomic E-state index is 4.50. The largest absolute Gasteiger partial charge is 0.277 e. The van der Waals surface area contributed by atoms with E-state index in [9.17, 15) is 0 Å². The number of fused-ring (bicyclic) bond motifs is 3. The van der Waals surface area contributed by atoms with E-state index in [0.29, 0.717) is 5.65 Å². The first kappa shape index (κ1) is 9.21. The third-order valence-corrected chi connectivity index (χ3v) is 2.81. The molecule has 0 spiro atoms. The first-order valence-corrected chi connectivity index (χ1v) is 5.11. The molecule has 5 nitrogen and oxygen atoms in total. The van der Waals surface area contributed by atoms with E-state index >= 15 is 0 Å². The molecule has 0 unspecified atom stereocenters. The first-order valence-electron chi connectivity index (χ1n) is 5.11. The predicted molar refractivity (Wildman–Crippen MR) is 60.3 cm³/mol. The van der Waals surface area contributed by atoms with Crippen molar-refractivity contribution < 1.29 is 0 Å². The number of aryl methyl sites for hydroxylation is 3. The molecule has 0 atom stereocenters. The number of hydrogen-bond acceptors (Lipinski definition) is 4. The van der Waals surface area contributed by atoms with Gasteiger partial charge in [0.2, 0.25) is 0 Å². The van der Waals surface area contributed by atoms with Gasteiger partial charge in [-0.1, -0.05) is 0 Å². The van der Waals surface area contributed by atoms with Gasteiger partial charge in [-0.3, -0.25) is 4.40 Å². The fourth-order valence-corrected chi connectivity index (χ4v) is 1.88. The van der Waals surface area contributed by atoms with Gasteiger partial charge in [-0.15, -0.1) is 0 Å². The summed E-state index contributed by atoms with van der Waals surface area (Å²) in [6.45, 7) is 5.96. The number of aromatic nitrogens is 5. The Morgan fingerprint density at radius 2 is 1.62 bits per heavy atom. The molecule has 16 heavy (non-hydrogen) atoms. The summed E-state index contributed by atoms with van der Waals surface area (Å²) in [5.74, 6) is 0. The molecule has 3 heterocycles. The highest BCUT2D eigenvalue weighted by molar-refractivity contribution is 5.71. The quantitative estimate of drug-likeness (QED) is 0.569. The molecule has 0 aliphatic carbocycles. The van der Waals surface area contributed by atoms with Crippen LogP contribution in [0, 0.1) is 20.8 Å². The van der Waals surface area contributed by atoms with Crippen LogP contribution in [0.25, 0.3) is 16.9 Å². The van der Waals surface area contributed by atoms with Crippen molar-refractivity contribution in [3.8, 4) is 0 Å². The molecule has 0 bridgehead atoms. The summed E-state index contributed by atoms with van der Waals surface area (Å²) in [6.07, 6.45) is 3.33. The molecule has 5 heteroatoms. The summed E-state index contributed by atoms with van der Waals surface area (Å²) in [4.78, 5) is 17.4. The van der Waals surface area contributed by atoms with E-state index in [1.165, 1.54) is 0 Å². The van der Waals surface area contributed by atoms with Crippen molar-refractivity contribution in [2.24, 2.45) is 0 Å². The molecule has 0 radical (unpaired) electrons. The summed E-state index contributed by atoms with van der Waals surface area (Å²) < 4.78 is 2.01. The van der Waals surface area contributed by atoms with Crippen LogP contribution in [0.1, 0.15) is 17.1 Å². The van der Waals surface area contributed by atoms with Crippen molar-refractivity contribution in [2.75, 3.05) is 0 Å². The normalized spacial score (nSPS) is 11.4. The van der Waals surface area contributed by atoms with Crippen LogP contribution in [-0.4, -0.2) is 24.3 Å². The number of nitrogens with zero attached hydrogens (tertiary/aromatic N) is 5. The second-order valence-corrected chi connectivity index (χ2v) is 3.84. The Bertz CT molecular complexity index is 698. The average molecular weight is 213 g/mol. The summed E-state index contributed by atoms with van der Waals surface area (Å²) >= 11 is 0. The topological polar surface area (TPSA) is 56.0 Å². The molecular weight excluding hydrogens is 202 g/mol. The summed E-state index contributed by atoms with van der Waals surface area (Å²) in [6, 6.07) is 0. The van der Waals surface area contributed by atoms with Gasteiger partial charge in [-0.05, 0) is 20.8 Å². The highest BCUT2D eigenvalue weighted by Crippen LogP contribution is 2.17. The second kappa shape index (κ2) is 2.98. The lowest BCUT2D eigenvalue weighted by Gasteiger charge is -2.03. The second-order valence-electron chi connectivity index (χ2n) is 3.84. The van der Waals surface area contributed by atoms with Crippen LogP contribution < -0.4 is 0 Å². The average Bonchev–Trinajstić information content (AvgIpc) is 2.57. The minimum Gasteiger partial charge on any atom is -0.277 e. The van der Waals surface area contributed by atoms with Gasteiger partial charge in [0.05, 0.1) is 11.4 Å². The lowest BCUT2D eigenvalue weighted by atomic mass is 10.4. The highest BCUT2D eigenvalue weighted by atomic mass is 15.1. The fourth-order valence-electron chi connectivity index (χ4n) is 1.88. The van der Waals surface area contributed by atoms with Crippen molar-refractivity contribution in [3.05, 3.63) is 29.5 Å². The number of imidazole rings is 1. The van der Waals surface area contributed by atoms with Gasteiger partial charge in [0.1, 0.15) is 0 Å². The summed E-state index contributed by atoms with van der Waals surface area (Å²) in [5.41, 5.74) is 5.26. The standard InChI is InChI=1S/C11H11N5/c1-6-8(3)16-10(15-6)7(2)14-9-11(16)13-5-4-12-9/h4-5H,1-3H3. The molecule has 0 saturated heterocycles. The van der Waals surface area contributed by atoms with E-state index in [2.05, 4.69) is 19.9 Å². The van der Waals surface area contributed by atoms with Gasteiger partial charge in [-0.25, -0.2) is 19.9 Å². The van der Waals surface area contributed by atoms with Crippen LogP contribution in [0.4, 0.5) is 0 Å². The van der Waals surface area contributed by atoms with Crippen molar-refractivity contribution in [1.29, 1.82) is 0 Å². The third-order valence-electron chi connectivity index (χ3n) is 2.81. The van der Waals surface area contributed by atoms with E-state index in [0.717, 1.165) is 28.4 Å². The van der Waals surface area contributed by atoms with Gasteiger partial charge in [0, 0.05) is 18.1 Å². The molecule has 0 saturated carbocycles. The van der Waals surface area contributed by atoms with E-state index in [1.807, 2.05) is 25.2 Å². The molecular formula is C11H11N5. The monoisotopic (exact) mass is 213 g/mol. The van der Waals surface area contributed by atoms with Crippen LogP contribution in [-0.2, 0) is 0 Å². The highest BCUT2D eigenvalue weighted by Gasteiger charge is 2.12. The minimum absolute atomic E-state index is 0.660. The maximum absolute atomic E-state index is 4.50. The lowest BCUT2D eigenvalue weighted by molar-refractivity contribution is 1.05. The van der Waals surface area contributed by atoms with E-state index in [1.54, 1.807) is 12.4 Å². The minimum atomic E-state index is 0.660. The number of rotatable bonds is 0. The zero-order chi connectivity index (χ0) is 11.3. The SMILES string of the molecule is Cc1nc2c(C)nc3nccnc3n2c1C. The van der Waals surface area contributed by atoms with Crippen molar-refractivity contribution in [1.82, 2.24) is 24.3 Å². The Kier molecular flexibility index (Phi) is 1.71. The maximum Gasteiger partial charge on any atom is 0.196 e.